The first kappa shape index (κ1) is 19.8. The second-order valence-electron chi connectivity index (χ2n) is 7.10. The molecule has 3 N–H and O–H groups in total. The van der Waals surface area contributed by atoms with E-state index in [1.807, 2.05) is 42.5 Å². The number of fused-ring (bicyclic) bond motifs is 1. The molecular formula is C24H23NO5. The van der Waals surface area contributed by atoms with Crippen LogP contribution in [0.1, 0.15) is 22.8 Å². The Balaban J connectivity index is 1.70. The van der Waals surface area contributed by atoms with Gasteiger partial charge in [-0.25, -0.2) is 0 Å². The highest BCUT2D eigenvalue weighted by molar-refractivity contribution is 5.73. The van der Waals surface area contributed by atoms with E-state index in [1.54, 1.807) is 25.3 Å². The summed E-state index contributed by atoms with van der Waals surface area (Å²) >= 11 is 0. The number of methoxy groups -OCH3 is 1. The number of carbonyl (C=O) groups is 1. The van der Waals surface area contributed by atoms with Crippen LogP contribution in [-0.2, 0) is 17.8 Å². The van der Waals surface area contributed by atoms with Gasteiger partial charge in [0.2, 0.25) is 0 Å². The molecule has 0 unspecified atom stereocenters. The summed E-state index contributed by atoms with van der Waals surface area (Å²) in [5, 5.41) is 9.20. The maximum atomic E-state index is 11.2. The van der Waals surface area contributed by atoms with Gasteiger partial charge in [0.1, 0.15) is 12.4 Å². The van der Waals surface area contributed by atoms with Gasteiger partial charge in [-0.2, -0.15) is 0 Å². The molecule has 1 aliphatic heterocycles. The third-order valence-electron chi connectivity index (χ3n) is 5.12. The smallest absolute Gasteiger partial charge is 0.307 e. The fourth-order valence-electron chi connectivity index (χ4n) is 3.63. The maximum absolute atomic E-state index is 11.2. The van der Waals surface area contributed by atoms with E-state index < -0.39 is 5.97 Å². The number of hydrogen-bond donors (Lipinski definition) is 2. The van der Waals surface area contributed by atoms with Crippen molar-refractivity contribution in [2.24, 2.45) is 5.73 Å². The van der Waals surface area contributed by atoms with Gasteiger partial charge < -0.3 is 25.1 Å². The molecule has 30 heavy (non-hydrogen) atoms. The number of benzene rings is 3. The van der Waals surface area contributed by atoms with E-state index in [9.17, 15) is 9.90 Å². The highest BCUT2D eigenvalue weighted by Crippen LogP contribution is 2.41. The van der Waals surface area contributed by atoms with Crippen LogP contribution in [-0.4, -0.2) is 24.8 Å². The van der Waals surface area contributed by atoms with E-state index >= 15 is 0 Å². The molecule has 6 nitrogen and oxygen atoms in total. The Bertz CT molecular complexity index is 1080. The van der Waals surface area contributed by atoms with Crippen molar-refractivity contribution in [3.05, 3.63) is 77.4 Å². The summed E-state index contributed by atoms with van der Waals surface area (Å²) in [6, 6.07) is 19.2. The first-order chi connectivity index (χ1) is 14.6. The number of aliphatic carboxylic acids is 1. The van der Waals surface area contributed by atoms with Crippen molar-refractivity contribution in [2.75, 3.05) is 13.7 Å². The van der Waals surface area contributed by atoms with Crippen LogP contribution in [0.2, 0.25) is 0 Å². The molecule has 0 fully saturated rings. The number of hydrogen-bond acceptors (Lipinski definition) is 5. The van der Waals surface area contributed by atoms with Crippen LogP contribution in [0.15, 0.2) is 60.7 Å². The molecule has 0 aliphatic carbocycles. The lowest BCUT2D eigenvalue weighted by atomic mass is 9.97. The molecule has 154 valence electrons. The van der Waals surface area contributed by atoms with E-state index in [0.717, 1.165) is 28.0 Å². The van der Waals surface area contributed by atoms with E-state index in [2.05, 4.69) is 0 Å². The Kier molecular flexibility index (Phi) is 5.59. The van der Waals surface area contributed by atoms with Gasteiger partial charge in [-0.15, -0.1) is 0 Å². The Morgan fingerprint density at radius 1 is 1.17 bits per heavy atom. The third kappa shape index (κ3) is 3.95. The van der Waals surface area contributed by atoms with E-state index in [0.29, 0.717) is 30.2 Å². The second-order valence-corrected chi connectivity index (χ2v) is 7.10. The topological polar surface area (TPSA) is 91.0 Å². The van der Waals surface area contributed by atoms with Crippen molar-refractivity contribution in [1.29, 1.82) is 0 Å². The summed E-state index contributed by atoms with van der Waals surface area (Å²) in [6.45, 7) is 0.788. The Hall–Kier alpha value is -3.51. The molecular weight excluding hydrogens is 382 g/mol. The average molecular weight is 405 g/mol. The van der Waals surface area contributed by atoms with Crippen LogP contribution in [0.25, 0.3) is 11.1 Å². The highest BCUT2D eigenvalue weighted by Gasteiger charge is 2.26. The first-order valence-corrected chi connectivity index (χ1v) is 9.69. The summed E-state index contributed by atoms with van der Waals surface area (Å²) in [4.78, 5) is 11.2. The summed E-state index contributed by atoms with van der Waals surface area (Å²) in [7, 11) is 1.64. The molecule has 1 atom stereocenters. The molecule has 6 heteroatoms. The van der Waals surface area contributed by atoms with Gasteiger partial charge in [0.15, 0.2) is 17.6 Å². The van der Waals surface area contributed by atoms with Crippen molar-refractivity contribution in [1.82, 2.24) is 0 Å². The molecule has 0 aromatic heterocycles. The fourth-order valence-corrected chi connectivity index (χ4v) is 3.63. The minimum Gasteiger partial charge on any atom is -0.496 e. The average Bonchev–Trinajstić information content (AvgIpc) is 2.78. The summed E-state index contributed by atoms with van der Waals surface area (Å²) in [5.41, 5.74) is 10.3. The van der Waals surface area contributed by atoms with Gasteiger partial charge in [-0.05, 0) is 41.0 Å². The lowest BCUT2D eigenvalue weighted by molar-refractivity contribution is -0.136. The lowest BCUT2D eigenvalue weighted by Crippen LogP contribution is -2.23. The van der Waals surface area contributed by atoms with Crippen LogP contribution >= 0.6 is 0 Å². The van der Waals surface area contributed by atoms with Gasteiger partial charge in [-0.1, -0.05) is 36.4 Å². The molecule has 3 aromatic rings. The number of carboxylic acids is 1. The standard InChI is InChI=1S/C24H23NO5/c1-28-20-9-8-17(11-19(20)16-5-2-4-15(10-16)13-25)22-14-29-21-7-3-6-18(12-23(26)27)24(21)30-22/h2-11,22H,12-14,25H2,1H3,(H,26,27)/t22-/m0/s1. The van der Waals surface area contributed by atoms with Crippen LogP contribution in [0.3, 0.4) is 0 Å². The van der Waals surface area contributed by atoms with E-state index in [4.69, 9.17) is 19.9 Å². The van der Waals surface area contributed by atoms with Gasteiger partial charge >= 0.3 is 5.97 Å². The number of carboxylic acid groups (broad SMARTS) is 1. The lowest BCUT2D eigenvalue weighted by Gasteiger charge is -2.28. The van der Waals surface area contributed by atoms with E-state index in [1.165, 1.54) is 0 Å². The zero-order chi connectivity index (χ0) is 21.1. The minimum atomic E-state index is -0.916. The Morgan fingerprint density at radius 2 is 2.00 bits per heavy atom. The molecule has 0 saturated heterocycles. The second kappa shape index (κ2) is 8.47. The molecule has 1 heterocycles. The highest BCUT2D eigenvalue weighted by atomic mass is 16.6. The molecule has 0 bridgehead atoms. The number of rotatable bonds is 6. The van der Waals surface area contributed by atoms with Gasteiger partial charge in [0.05, 0.1) is 13.5 Å². The summed E-state index contributed by atoms with van der Waals surface area (Å²) in [5.74, 6) is 0.880. The predicted octanol–water partition coefficient (Wildman–Crippen LogP) is 3.96. The first-order valence-electron chi connectivity index (χ1n) is 9.69. The van der Waals surface area contributed by atoms with Crippen molar-refractivity contribution in [3.8, 4) is 28.4 Å². The molecule has 0 radical (unpaired) electrons. The Labute approximate surface area is 174 Å². The van der Waals surface area contributed by atoms with Gasteiger partial charge in [0, 0.05) is 17.7 Å². The van der Waals surface area contributed by atoms with Crippen LogP contribution in [0, 0.1) is 0 Å². The largest absolute Gasteiger partial charge is 0.496 e. The van der Waals surface area contributed by atoms with Crippen molar-refractivity contribution in [2.45, 2.75) is 19.1 Å². The van der Waals surface area contributed by atoms with Gasteiger partial charge in [-0.3, -0.25) is 4.79 Å². The molecule has 4 rings (SSSR count). The van der Waals surface area contributed by atoms with Crippen molar-refractivity contribution < 1.29 is 24.1 Å². The van der Waals surface area contributed by atoms with Crippen LogP contribution < -0.4 is 19.9 Å². The molecule has 0 amide bonds. The quantitative estimate of drug-likeness (QED) is 0.645. The maximum Gasteiger partial charge on any atom is 0.307 e. The summed E-state index contributed by atoms with van der Waals surface area (Å²) < 4.78 is 17.7. The third-order valence-corrected chi connectivity index (χ3v) is 5.12. The zero-order valence-corrected chi connectivity index (χ0v) is 16.6. The summed E-state index contributed by atoms with van der Waals surface area (Å²) in [6.07, 6.45) is -0.492. The predicted molar refractivity (Wildman–Crippen MR) is 113 cm³/mol. The van der Waals surface area contributed by atoms with Crippen LogP contribution in [0.4, 0.5) is 0 Å². The zero-order valence-electron chi connectivity index (χ0n) is 16.6. The number of ether oxygens (including phenoxy) is 3. The van der Waals surface area contributed by atoms with Crippen LogP contribution in [0.5, 0.6) is 17.2 Å². The molecule has 3 aromatic carbocycles. The molecule has 1 aliphatic rings. The number of nitrogens with two attached hydrogens (primary N) is 1. The Morgan fingerprint density at radius 3 is 2.77 bits per heavy atom. The van der Waals surface area contributed by atoms with Crippen molar-refractivity contribution in [3.63, 3.8) is 0 Å². The molecule has 0 saturated carbocycles. The molecule has 0 spiro atoms. The SMILES string of the molecule is COc1ccc([C@@H]2COc3cccc(CC(=O)O)c3O2)cc1-c1cccc(CN)c1. The fraction of sp³-hybridized carbons (Fsp3) is 0.208. The minimum absolute atomic E-state index is 0.126. The normalized spacial score (nSPS) is 14.9. The van der Waals surface area contributed by atoms with Crippen molar-refractivity contribution >= 4 is 5.97 Å². The van der Waals surface area contributed by atoms with E-state index in [-0.39, 0.29) is 12.5 Å². The number of para-hydroxylation sites is 1. The monoisotopic (exact) mass is 405 g/mol. The van der Waals surface area contributed by atoms with Gasteiger partial charge in [0.25, 0.3) is 0 Å².